The van der Waals surface area contributed by atoms with Crippen LogP contribution in [-0.2, 0) is 0 Å². The number of nitrogens with zero attached hydrogens (tertiary/aromatic N) is 4. The van der Waals surface area contributed by atoms with E-state index < -0.39 is 0 Å². The second-order valence-electron chi connectivity index (χ2n) is 9.71. The van der Waals surface area contributed by atoms with Crippen molar-refractivity contribution in [3.63, 3.8) is 0 Å². The van der Waals surface area contributed by atoms with E-state index in [1.54, 1.807) is 11.3 Å². The Bertz CT molecular complexity index is 2350. The largest absolute Gasteiger partial charge is 0.308 e. The normalized spacial score (nSPS) is 12.2. The van der Waals surface area contributed by atoms with E-state index in [-0.39, 0.29) is 0 Å². The van der Waals surface area contributed by atoms with Crippen LogP contribution < -0.4 is 0 Å². The Morgan fingerprint density at radius 2 is 1.37 bits per heavy atom. The van der Waals surface area contributed by atoms with E-state index in [2.05, 4.69) is 83.3 Å². The van der Waals surface area contributed by atoms with E-state index in [0.29, 0.717) is 0 Å². The van der Waals surface area contributed by atoms with Crippen molar-refractivity contribution in [2.75, 3.05) is 0 Å². The van der Waals surface area contributed by atoms with Gasteiger partial charge in [-0.3, -0.25) is 0 Å². The lowest BCUT2D eigenvalue weighted by atomic mass is 10.0. The third-order valence-electron chi connectivity index (χ3n) is 7.67. The fraction of sp³-hybridized carbons (Fsp3) is 0. The molecule has 0 radical (unpaired) electrons. The van der Waals surface area contributed by atoms with Gasteiger partial charge < -0.3 is 4.40 Å². The minimum Gasteiger partial charge on any atom is -0.308 e. The molecule has 4 nitrogen and oxygen atoms in total. The molecule has 0 spiro atoms. The highest BCUT2D eigenvalue weighted by Crippen LogP contribution is 2.44. The lowest BCUT2D eigenvalue weighted by molar-refractivity contribution is 1.23. The van der Waals surface area contributed by atoms with Crippen LogP contribution >= 0.6 is 11.3 Å². The van der Waals surface area contributed by atoms with Gasteiger partial charge in [0.15, 0.2) is 5.82 Å². The van der Waals surface area contributed by atoms with Gasteiger partial charge in [-0.1, -0.05) is 72.8 Å². The highest BCUT2D eigenvalue weighted by atomic mass is 32.1. The first-order chi connectivity index (χ1) is 18.8. The zero-order chi connectivity index (χ0) is 24.8. The summed E-state index contributed by atoms with van der Waals surface area (Å²) < 4.78 is 3.67. The first kappa shape index (κ1) is 20.2. The molecule has 0 aliphatic rings. The maximum absolute atomic E-state index is 5.12. The number of rotatable bonds is 2. The summed E-state index contributed by atoms with van der Waals surface area (Å²) in [5.74, 6) is 0.739. The summed E-state index contributed by atoms with van der Waals surface area (Å²) in [6.07, 6.45) is 0. The Morgan fingerprint density at radius 1 is 0.579 bits per heavy atom. The second-order valence-corrected chi connectivity index (χ2v) is 10.6. The first-order valence-electron chi connectivity index (χ1n) is 12.6. The van der Waals surface area contributed by atoms with Crippen LogP contribution in [0.2, 0.25) is 0 Å². The van der Waals surface area contributed by atoms with Crippen molar-refractivity contribution in [1.29, 1.82) is 0 Å². The summed E-state index contributed by atoms with van der Waals surface area (Å²) in [7, 11) is 0. The Morgan fingerprint density at radius 3 is 2.29 bits per heavy atom. The molecule has 5 heteroatoms. The van der Waals surface area contributed by atoms with Crippen LogP contribution in [0, 0.1) is 0 Å². The smallest absolute Gasteiger partial charge is 0.160 e. The number of hydrogen-bond donors (Lipinski definition) is 0. The van der Waals surface area contributed by atoms with Crippen LogP contribution in [0.3, 0.4) is 0 Å². The minimum absolute atomic E-state index is 0.739. The molecule has 0 saturated heterocycles. The number of fused-ring (bicyclic) bond motifs is 9. The monoisotopic (exact) mass is 502 g/mol. The molecule has 9 rings (SSSR count). The molecule has 0 unspecified atom stereocenters. The maximum atomic E-state index is 5.12. The number of para-hydroxylation sites is 2. The van der Waals surface area contributed by atoms with E-state index >= 15 is 0 Å². The van der Waals surface area contributed by atoms with E-state index in [1.165, 1.54) is 42.8 Å². The van der Waals surface area contributed by atoms with Crippen LogP contribution in [0.5, 0.6) is 0 Å². The van der Waals surface area contributed by atoms with Crippen molar-refractivity contribution in [3.05, 3.63) is 109 Å². The Labute approximate surface area is 220 Å². The molecule has 4 heterocycles. The maximum Gasteiger partial charge on any atom is 0.160 e. The number of hydrogen-bond acceptors (Lipinski definition) is 4. The average Bonchev–Trinajstić information content (AvgIpc) is 3.67. The van der Waals surface area contributed by atoms with Gasteiger partial charge in [0, 0.05) is 38.1 Å². The topological polar surface area (TPSA) is 43.1 Å². The zero-order valence-corrected chi connectivity index (χ0v) is 20.9. The molecule has 0 aliphatic heterocycles. The third-order valence-corrected chi connectivity index (χ3v) is 8.53. The van der Waals surface area contributed by atoms with Gasteiger partial charge in [-0.25, -0.2) is 15.0 Å². The van der Waals surface area contributed by atoms with Crippen molar-refractivity contribution < 1.29 is 0 Å². The Kier molecular flexibility index (Phi) is 3.91. The third kappa shape index (κ3) is 2.61. The summed E-state index contributed by atoms with van der Waals surface area (Å²) in [5, 5.41) is 6.07. The zero-order valence-electron chi connectivity index (χ0n) is 20.1. The van der Waals surface area contributed by atoms with Gasteiger partial charge in [-0.05, 0) is 30.3 Å². The van der Waals surface area contributed by atoms with E-state index in [0.717, 1.165) is 39.1 Å². The average molecular weight is 503 g/mol. The molecule has 4 aromatic heterocycles. The highest BCUT2D eigenvalue weighted by Gasteiger charge is 2.21. The fourth-order valence-electron chi connectivity index (χ4n) is 6.04. The number of benzene rings is 5. The van der Waals surface area contributed by atoms with Crippen molar-refractivity contribution in [3.8, 4) is 22.6 Å². The molecule has 0 aliphatic carbocycles. The van der Waals surface area contributed by atoms with Crippen molar-refractivity contribution in [2.45, 2.75) is 0 Å². The molecular formula is C33H18N4S. The molecule has 0 atom stereocenters. The molecule has 38 heavy (non-hydrogen) atoms. The van der Waals surface area contributed by atoms with Gasteiger partial charge >= 0.3 is 0 Å². The van der Waals surface area contributed by atoms with Crippen LogP contribution in [-0.4, -0.2) is 19.4 Å². The summed E-state index contributed by atoms with van der Waals surface area (Å²) in [5.41, 5.74) is 10.7. The van der Waals surface area contributed by atoms with Gasteiger partial charge in [-0.2, -0.15) is 0 Å². The molecular weight excluding hydrogens is 484 g/mol. The summed E-state index contributed by atoms with van der Waals surface area (Å²) in [6, 6.07) is 36.2. The number of thiazole rings is 1. The minimum atomic E-state index is 0.739. The Hall–Kier alpha value is -4.87. The van der Waals surface area contributed by atoms with Crippen LogP contribution in [0.15, 0.2) is 109 Å². The van der Waals surface area contributed by atoms with Gasteiger partial charge in [0.1, 0.15) is 0 Å². The van der Waals surface area contributed by atoms with Crippen molar-refractivity contribution in [2.24, 2.45) is 0 Å². The fourth-order valence-corrected chi connectivity index (χ4v) is 6.87. The van der Waals surface area contributed by atoms with E-state index in [1.807, 2.05) is 29.8 Å². The van der Waals surface area contributed by atoms with Gasteiger partial charge in [0.05, 0.1) is 43.5 Å². The summed E-state index contributed by atoms with van der Waals surface area (Å²) in [4.78, 5) is 14.7. The lowest BCUT2D eigenvalue weighted by Crippen LogP contribution is -1.95. The summed E-state index contributed by atoms with van der Waals surface area (Å²) >= 11 is 1.72. The van der Waals surface area contributed by atoms with Crippen molar-refractivity contribution in [1.82, 2.24) is 19.4 Å². The SMILES string of the molecule is c1ccc(-c2nc(-c3ccc4c(c3)c3cc5ncsc5c5c6ccccc6n4c35)c3ccccc3n2)cc1. The summed E-state index contributed by atoms with van der Waals surface area (Å²) in [6.45, 7) is 0. The molecule has 5 aromatic carbocycles. The van der Waals surface area contributed by atoms with Crippen LogP contribution in [0.4, 0.5) is 0 Å². The molecule has 0 bridgehead atoms. The van der Waals surface area contributed by atoms with E-state index in [4.69, 9.17) is 15.0 Å². The van der Waals surface area contributed by atoms with E-state index in [9.17, 15) is 0 Å². The van der Waals surface area contributed by atoms with Gasteiger partial charge in [-0.15, -0.1) is 11.3 Å². The quantitative estimate of drug-likeness (QED) is 0.237. The predicted octanol–water partition coefficient (Wildman–Crippen LogP) is 8.72. The first-order valence-corrected chi connectivity index (χ1v) is 13.5. The molecule has 176 valence electrons. The molecule has 0 N–H and O–H groups in total. The van der Waals surface area contributed by atoms with Gasteiger partial charge in [0.2, 0.25) is 0 Å². The lowest BCUT2D eigenvalue weighted by Gasteiger charge is -2.10. The molecule has 0 saturated carbocycles. The standard InChI is InChI=1S/C33H18N4S/c1-2-8-19(9-3-1)33-35-25-12-6-4-10-21(25)30(36-33)20-14-15-28-23(16-20)24-17-26-32(38-18-34-26)29-22-11-5-7-13-27(22)37(28)31(24)29/h1-18H. The highest BCUT2D eigenvalue weighted by molar-refractivity contribution is 7.18. The van der Waals surface area contributed by atoms with Gasteiger partial charge in [0.25, 0.3) is 0 Å². The molecule has 9 aromatic rings. The number of aromatic nitrogens is 4. The second kappa shape index (κ2) is 7.34. The molecule has 0 amide bonds. The molecule has 0 fully saturated rings. The predicted molar refractivity (Wildman–Crippen MR) is 158 cm³/mol. The van der Waals surface area contributed by atoms with Crippen LogP contribution in [0.25, 0.3) is 81.9 Å². The van der Waals surface area contributed by atoms with Crippen LogP contribution in [0.1, 0.15) is 0 Å². The van der Waals surface area contributed by atoms with Crippen molar-refractivity contribution >= 4 is 70.6 Å². The Balaban J connectivity index is 1.40.